The predicted octanol–water partition coefficient (Wildman–Crippen LogP) is 1.25. The van der Waals surface area contributed by atoms with Gasteiger partial charge in [-0.15, -0.1) is 0 Å². The molecule has 0 saturated carbocycles. The van der Waals surface area contributed by atoms with Gasteiger partial charge in [-0.05, 0) is 18.6 Å². The maximum atomic E-state index is 5.53. The van der Waals surface area contributed by atoms with Crippen LogP contribution in [-0.4, -0.2) is 4.98 Å². The fourth-order valence-corrected chi connectivity index (χ4v) is 1.32. The van der Waals surface area contributed by atoms with Gasteiger partial charge in [-0.25, -0.2) is 4.98 Å². The second-order valence-corrected chi connectivity index (χ2v) is 2.76. The van der Waals surface area contributed by atoms with Crippen LogP contribution in [0, 0.1) is 0 Å². The van der Waals surface area contributed by atoms with Gasteiger partial charge in [0.25, 0.3) is 0 Å². The Balaban J connectivity index is 2.52. The van der Waals surface area contributed by atoms with Crippen molar-refractivity contribution in [3.63, 3.8) is 0 Å². The van der Waals surface area contributed by atoms with E-state index in [-0.39, 0.29) is 6.10 Å². The van der Waals surface area contributed by atoms with Crippen LogP contribution < -0.4 is 5.73 Å². The van der Waals surface area contributed by atoms with E-state index < -0.39 is 0 Å². The molecule has 58 valence electrons. The zero-order valence-corrected chi connectivity index (χ0v) is 6.37. The lowest BCUT2D eigenvalue weighted by atomic mass is 10.1. The summed E-state index contributed by atoms with van der Waals surface area (Å²) in [6, 6.07) is 1.88. The van der Waals surface area contributed by atoms with Crippen LogP contribution in [0.15, 0.2) is 12.3 Å². The molecule has 1 aromatic heterocycles. The quantitative estimate of drug-likeness (QED) is 0.605. The lowest BCUT2D eigenvalue weighted by Gasteiger charge is -2.02. The fourth-order valence-electron chi connectivity index (χ4n) is 1.32. The molecular weight excluding hydrogens is 140 g/mol. The van der Waals surface area contributed by atoms with Gasteiger partial charge >= 0.3 is 0 Å². The topological polar surface area (TPSA) is 48.1 Å². The molecule has 3 nitrogen and oxygen atoms in total. The average molecular weight is 150 g/mol. The SMILES string of the molecule is CC1OCc2cnc(N)cc21. The first-order chi connectivity index (χ1) is 5.27. The summed E-state index contributed by atoms with van der Waals surface area (Å²) in [5.74, 6) is 0.570. The van der Waals surface area contributed by atoms with Crippen LogP contribution in [0.5, 0.6) is 0 Å². The number of nitrogen functional groups attached to an aromatic ring is 1. The highest BCUT2D eigenvalue weighted by Crippen LogP contribution is 2.29. The fraction of sp³-hybridized carbons (Fsp3) is 0.375. The number of ether oxygens (including phenoxy) is 1. The van der Waals surface area contributed by atoms with Gasteiger partial charge in [0.15, 0.2) is 0 Å². The highest BCUT2D eigenvalue weighted by molar-refractivity contribution is 5.39. The smallest absolute Gasteiger partial charge is 0.123 e. The number of aromatic nitrogens is 1. The first-order valence-electron chi connectivity index (χ1n) is 3.63. The van der Waals surface area contributed by atoms with E-state index >= 15 is 0 Å². The molecule has 1 atom stereocenters. The molecule has 1 unspecified atom stereocenters. The Morgan fingerprint density at radius 1 is 1.73 bits per heavy atom. The third-order valence-corrected chi connectivity index (χ3v) is 1.97. The molecule has 11 heavy (non-hydrogen) atoms. The van der Waals surface area contributed by atoms with Gasteiger partial charge in [-0.2, -0.15) is 0 Å². The van der Waals surface area contributed by atoms with Crippen LogP contribution in [0.25, 0.3) is 0 Å². The summed E-state index contributed by atoms with van der Waals surface area (Å²) in [5, 5.41) is 0. The molecule has 1 aliphatic heterocycles. The normalized spacial score (nSPS) is 21.7. The molecule has 0 aromatic carbocycles. The maximum Gasteiger partial charge on any atom is 0.123 e. The van der Waals surface area contributed by atoms with Crippen LogP contribution >= 0.6 is 0 Å². The van der Waals surface area contributed by atoms with E-state index in [0.29, 0.717) is 12.4 Å². The zero-order chi connectivity index (χ0) is 7.84. The number of fused-ring (bicyclic) bond motifs is 1. The van der Waals surface area contributed by atoms with Crippen molar-refractivity contribution >= 4 is 5.82 Å². The Morgan fingerprint density at radius 3 is 3.36 bits per heavy atom. The van der Waals surface area contributed by atoms with E-state index in [9.17, 15) is 0 Å². The molecule has 0 fully saturated rings. The van der Waals surface area contributed by atoms with Gasteiger partial charge in [0, 0.05) is 11.8 Å². The number of nitrogens with two attached hydrogens (primary N) is 1. The molecule has 0 amide bonds. The van der Waals surface area contributed by atoms with E-state index in [0.717, 1.165) is 5.56 Å². The van der Waals surface area contributed by atoms with Gasteiger partial charge in [0.1, 0.15) is 5.82 Å². The first kappa shape index (κ1) is 6.61. The molecule has 2 heterocycles. The third-order valence-electron chi connectivity index (χ3n) is 1.97. The number of nitrogens with zero attached hydrogens (tertiary/aromatic N) is 1. The number of pyridine rings is 1. The number of rotatable bonds is 0. The van der Waals surface area contributed by atoms with Crippen LogP contribution in [0.3, 0.4) is 0 Å². The molecule has 0 aliphatic carbocycles. The van der Waals surface area contributed by atoms with Gasteiger partial charge in [-0.3, -0.25) is 0 Å². The molecule has 1 aromatic rings. The summed E-state index contributed by atoms with van der Waals surface area (Å²) in [5.41, 5.74) is 7.86. The third kappa shape index (κ3) is 0.973. The second-order valence-electron chi connectivity index (χ2n) is 2.76. The monoisotopic (exact) mass is 150 g/mol. The summed E-state index contributed by atoms with van der Waals surface area (Å²) in [6.45, 7) is 2.69. The molecule has 3 heteroatoms. The van der Waals surface area contributed by atoms with Crippen molar-refractivity contribution in [3.8, 4) is 0 Å². The van der Waals surface area contributed by atoms with Crippen LogP contribution in [0.4, 0.5) is 5.82 Å². The van der Waals surface area contributed by atoms with Crippen molar-refractivity contribution in [2.45, 2.75) is 19.6 Å². The second kappa shape index (κ2) is 2.20. The van der Waals surface area contributed by atoms with Crippen LogP contribution in [0.2, 0.25) is 0 Å². The Hall–Kier alpha value is -1.09. The van der Waals surface area contributed by atoms with Crippen molar-refractivity contribution in [1.82, 2.24) is 4.98 Å². The Morgan fingerprint density at radius 2 is 2.55 bits per heavy atom. The zero-order valence-electron chi connectivity index (χ0n) is 6.37. The van der Waals surface area contributed by atoms with Crippen LogP contribution in [0.1, 0.15) is 24.2 Å². The minimum atomic E-state index is 0.176. The molecular formula is C8H10N2O. The van der Waals surface area contributed by atoms with Crippen molar-refractivity contribution in [1.29, 1.82) is 0 Å². The minimum Gasteiger partial charge on any atom is -0.384 e. The summed E-state index contributed by atoms with van der Waals surface area (Å²) >= 11 is 0. The van der Waals surface area contributed by atoms with Gasteiger partial charge in [0.05, 0.1) is 12.7 Å². The molecule has 0 spiro atoms. The van der Waals surface area contributed by atoms with E-state index in [1.165, 1.54) is 5.56 Å². The van der Waals surface area contributed by atoms with Gasteiger partial charge in [0.2, 0.25) is 0 Å². The van der Waals surface area contributed by atoms with Crippen molar-refractivity contribution in [2.75, 3.05) is 5.73 Å². The predicted molar refractivity (Wildman–Crippen MR) is 41.9 cm³/mol. The Kier molecular flexibility index (Phi) is 1.32. The Labute approximate surface area is 65.2 Å². The van der Waals surface area contributed by atoms with Crippen molar-refractivity contribution in [3.05, 3.63) is 23.4 Å². The standard InChI is InChI=1S/C8H10N2O/c1-5-7-2-8(9)10-3-6(7)4-11-5/h2-3,5H,4H2,1H3,(H2,9,10). The summed E-state index contributed by atoms with van der Waals surface area (Å²) in [7, 11) is 0. The molecule has 1 aliphatic rings. The summed E-state index contributed by atoms with van der Waals surface area (Å²) in [4.78, 5) is 3.98. The molecule has 0 radical (unpaired) electrons. The highest BCUT2D eigenvalue weighted by atomic mass is 16.5. The number of hydrogen-bond donors (Lipinski definition) is 1. The maximum absolute atomic E-state index is 5.53. The van der Waals surface area contributed by atoms with Crippen LogP contribution in [-0.2, 0) is 11.3 Å². The van der Waals surface area contributed by atoms with E-state index in [2.05, 4.69) is 4.98 Å². The largest absolute Gasteiger partial charge is 0.384 e. The lowest BCUT2D eigenvalue weighted by molar-refractivity contribution is 0.0796. The van der Waals surface area contributed by atoms with Crippen molar-refractivity contribution < 1.29 is 4.74 Å². The molecule has 0 bridgehead atoms. The molecule has 2 rings (SSSR count). The van der Waals surface area contributed by atoms with Gasteiger partial charge < -0.3 is 10.5 Å². The van der Waals surface area contributed by atoms with E-state index in [1.807, 2.05) is 13.0 Å². The molecule has 2 N–H and O–H groups in total. The lowest BCUT2D eigenvalue weighted by Crippen LogP contribution is -1.94. The number of hydrogen-bond acceptors (Lipinski definition) is 3. The average Bonchev–Trinajstić information content (AvgIpc) is 2.33. The highest BCUT2D eigenvalue weighted by Gasteiger charge is 2.18. The van der Waals surface area contributed by atoms with Crippen molar-refractivity contribution in [2.24, 2.45) is 0 Å². The van der Waals surface area contributed by atoms with Gasteiger partial charge in [-0.1, -0.05) is 0 Å². The molecule has 0 saturated heterocycles. The van der Waals surface area contributed by atoms with E-state index in [4.69, 9.17) is 10.5 Å². The van der Waals surface area contributed by atoms with E-state index in [1.54, 1.807) is 6.20 Å². The summed E-state index contributed by atoms with van der Waals surface area (Å²) < 4.78 is 5.38. The number of anilines is 1. The summed E-state index contributed by atoms with van der Waals surface area (Å²) in [6.07, 6.45) is 1.96. The first-order valence-corrected chi connectivity index (χ1v) is 3.63. The minimum absolute atomic E-state index is 0.176. The Bertz CT molecular complexity index is 285.